The van der Waals surface area contributed by atoms with Crippen LogP contribution in [0, 0.1) is 18.8 Å². The summed E-state index contributed by atoms with van der Waals surface area (Å²) in [7, 11) is 1.97. The van der Waals surface area contributed by atoms with Crippen molar-refractivity contribution in [3.8, 4) is 0 Å². The molecule has 2 saturated carbocycles. The highest BCUT2D eigenvalue weighted by Gasteiger charge is 2.41. The Labute approximate surface area is 116 Å². The molecule has 19 heavy (non-hydrogen) atoms. The second-order valence-electron chi connectivity index (χ2n) is 6.62. The summed E-state index contributed by atoms with van der Waals surface area (Å²) in [6.45, 7) is 6.56. The van der Waals surface area contributed by atoms with Crippen LogP contribution in [0.4, 0.5) is 5.82 Å². The van der Waals surface area contributed by atoms with Gasteiger partial charge in [-0.1, -0.05) is 20.3 Å². The first-order chi connectivity index (χ1) is 9.10. The quantitative estimate of drug-likeness (QED) is 0.896. The average molecular weight is 259 g/mol. The molecule has 3 atom stereocenters. The summed E-state index contributed by atoms with van der Waals surface area (Å²) in [6.07, 6.45) is 5.55. The fourth-order valence-electron chi connectivity index (χ4n) is 4.21. The largest absolute Gasteiger partial charge is 0.373 e. The monoisotopic (exact) mass is 259 g/mol. The molecule has 3 rings (SSSR count). The van der Waals surface area contributed by atoms with Crippen molar-refractivity contribution >= 4 is 5.82 Å². The lowest BCUT2D eigenvalue weighted by atomic mass is 9.88. The highest BCUT2D eigenvalue weighted by atomic mass is 15.0. The summed E-state index contributed by atoms with van der Waals surface area (Å²) in [5, 5.41) is 3.27. The summed E-state index contributed by atoms with van der Waals surface area (Å²) >= 11 is 0. The summed E-state index contributed by atoms with van der Waals surface area (Å²) in [5.41, 5.74) is 2.43. The first-order valence-electron chi connectivity index (χ1n) is 7.66. The van der Waals surface area contributed by atoms with Gasteiger partial charge in [-0.2, -0.15) is 0 Å². The van der Waals surface area contributed by atoms with Crippen molar-refractivity contribution in [2.45, 2.75) is 58.3 Å². The van der Waals surface area contributed by atoms with Crippen molar-refractivity contribution in [1.82, 2.24) is 9.97 Å². The molecule has 0 radical (unpaired) electrons. The van der Waals surface area contributed by atoms with E-state index in [0.717, 1.165) is 29.2 Å². The Hall–Kier alpha value is -1.12. The molecule has 2 bridgehead atoms. The Morgan fingerprint density at radius 1 is 1.16 bits per heavy atom. The molecule has 0 aromatic carbocycles. The van der Waals surface area contributed by atoms with Crippen LogP contribution in [0.1, 0.15) is 68.4 Å². The first kappa shape index (κ1) is 12.9. The Morgan fingerprint density at radius 2 is 1.95 bits per heavy atom. The number of hydrogen-bond acceptors (Lipinski definition) is 3. The van der Waals surface area contributed by atoms with Crippen LogP contribution in [0.25, 0.3) is 0 Å². The van der Waals surface area contributed by atoms with Gasteiger partial charge >= 0.3 is 0 Å². The number of nitrogens with zero attached hydrogens (tertiary/aromatic N) is 2. The van der Waals surface area contributed by atoms with Gasteiger partial charge in [0.05, 0.1) is 0 Å². The summed E-state index contributed by atoms with van der Waals surface area (Å²) in [5.74, 6) is 5.02. The Bertz CT molecular complexity index is 481. The van der Waals surface area contributed by atoms with Crippen LogP contribution in [0.5, 0.6) is 0 Å². The minimum absolute atomic E-state index is 0.469. The van der Waals surface area contributed by atoms with Crippen molar-refractivity contribution in [1.29, 1.82) is 0 Å². The predicted octanol–water partition coefficient (Wildman–Crippen LogP) is 3.85. The molecule has 1 aromatic rings. The smallest absolute Gasteiger partial charge is 0.134 e. The standard InChI is InChI=1S/C16H25N3/c1-9(2)14-10(3)18-15(19-16(14)17-4)13-8-11-5-6-12(13)7-11/h9,11-13H,5-8H2,1-4H3,(H,17,18,19). The minimum Gasteiger partial charge on any atom is -0.373 e. The molecule has 0 spiro atoms. The number of fused-ring (bicyclic) bond motifs is 2. The van der Waals surface area contributed by atoms with Crippen LogP contribution < -0.4 is 5.32 Å². The van der Waals surface area contributed by atoms with E-state index in [4.69, 9.17) is 9.97 Å². The van der Waals surface area contributed by atoms with Gasteiger partial charge in [-0.05, 0) is 43.9 Å². The van der Waals surface area contributed by atoms with Gasteiger partial charge in [0.1, 0.15) is 11.6 Å². The zero-order valence-corrected chi connectivity index (χ0v) is 12.5. The molecule has 1 N–H and O–H groups in total. The molecule has 2 fully saturated rings. The van der Waals surface area contributed by atoms with Crippen molar-refractivity contribution in [2.24, 2.45) is 11.8 Å². The van der Waals surface area contributed by atoms with Gasteiger partial charge in [0.2, 0.25) is 0 Å². The second-order valence-corrected chi connectivity index (χ2v) is 6.62. The maximum absolute atomic E-state index is 4.85. The van der Waals surface area contributed by atoms with E-state index in [2.05, 4.69) is 26.1 Å². The lowest BCUT2D eigenvalue weighted by Crippen LogP contribution is -2.16. The van der Waals surface area contributed by atoms with Gasteiger partial charge < -0.3 is 5.32 Å². The molecule has 2 aliphatic rings. The van der Waals surface area contributed by atoms with Crippen LogP contribution >= 0.6 is 0 Å². The number of hydrogen-bond donors (Lipinski definition) is 1. The van der Waals surface area contributed by atoms with Crippen LogP contribution in [-0.2, 0) is 0 Å². The fraction of sp³-hybridized carbons (Fsp3) is 0.750. The van der Waals surface area contributed by atoms with E-state index in [1.807, 2.05) is 7.05 Å². The third kappa shape index (κ3) is 2.13. The Kier molecular flexibility index (Phi) is 3.23. The summed E-state index contributed by atoms with van der Waals surface area (Å²) in [4.78, 5) is 9.70. The van der Waals surface area contributed by atoms with Gasteiger partial charge in [-0.25, -0.2) is 9.97 Å². The molecular formula is C16H25N3. The van der Waals surface area contributed by atoms with Gasteiger partial charge in [-0.15, -0.1) is 0 Å². The molecule has 104 valence electrons. The Morgan fingerprint density at radius 3 is 2.47 bits per heavy atom. The van der Waals surface area contributed by atoms with E-state index in [9.17, 15) is 0 Å². The van der Waals surface area contributed by atoms with Crippen LogP contribution in [0.2, 0.25) is 0 Å². The van der Waals surface area contributed by atoms with E-state index < -0.39 is 0 Å². The van der Waals surface area contributed by atoms with E-state index in [1.54, 1.807) is 0 Å². The molecule has 0 saturated heterocycles. The third-order valence-corrected chi connectivity index (χ3v) is 5.04. The van der Waals surface area contributed by atoms with E-state index in [0.29, 0.717) is 11.8 Å². The molecule has 0 amide bonds. The van der Waals surface area contributed by atoms with Crippen molar-refractivity contribution in [3.05, 3.63) is 17.1 Å². The molecule has 0 aliphatic heterocycles. The lowest BCUT2D eigenvalue weighted by molar-refractivity contribution is 0.404. The highest BCUT2D eigenvalue weighted by Crippen LogP contribution is 2.52. The average Bonchev–Trinajstić information content (AvgIpc) is 2.99. The predicted molar refractivity (Wildman–Crippen MR) is 78.6 cm³/mol. The maximum Gasteiger partial charge on any atom is 0.134 e. The zero-order valence-electron chi connectivity index (χ0n) is 12.5. The molecule has 2 aliphatic carbocycles. The number of aromatic nitrogens is 2. The van der Waals surface area contributed by atoms with Gasteiger partial charge in [0.15, 0.2) is 0 Å². The molecule has 1 heterocycles. The van der Waals surface area contributed by atoms with Crippen LogP contribution in [-0.4, -0.2) is 17.0 Å². The maximum atomic E-state index is 4.85. The van der Waals surface area contributed by atoms with E-state index in [1.165, 1.54) is 31.2 Å². The number of aryl methyl sites for hydroxylation is 1. The molecule has 3 unspecified atom stereocenters. The third-order valence-electron chi connectivity index (χ3n) is 5.04. The number of nitrogens with one attached hydrogen (secondary N) is 1. The number of anilines is 1. The topological polar surface area (TPSA) is 37.8 Å². The molecular weight excluding hydrogens is 234 g/mol. The van der Waals surface area contributed by atoms with Crippen molar-refractivity contribution in [3.63, 3.8) is 0 Å². The SMILES string of the molecule is CNc1nc(C2CC3CCC2C3)nc(C)c1C(C)C. The van der Waals surface area contributed by atoms with Gasteiger partial charge in [0, 0.05) is 24.2 Å². The van der Waals surface area contributed by atoms with Gasteiger partial charge in [-0.3, -0.25) is 0 Å². The summed E-state index contributed by atoms with van der Waals surface area (Å²) < 4.78 is 0. The van der Waals surface area contributed by atoms with Gasteiger partial charge in [0.25, 0.3) is 0 Å². The molecule has 1 aromatic heterocycles. The fourth-order valence-corrected chi connectivity index (χ4v) is 4.21. The lowest BCUT2D eigenvalue weighted by Gasteiger charge is -2.23. The first-order valence-corrected chi connectivity index (χ1v) is 7.66. The van der Waals surface area contributed by atoms with Crippen LogP contribution in [0.15, 0.2) is 0 Å². The minimum atomic E-state index is 0.469. The Balaban J connectivity index is 1.97. The van der Waals surface area contributed by atoms with Crippen molar-refractivity contribution < 1.29 is 0 Å². The molecule has 3 heteroatoms. The van der Waals surface area contributed by atoms with Crippen molar-refractivity contribution in [2.75, 3.05) is 12.4 Å². The summed E-state index contributed by atoms with van der Waals surface area (Å²) in [6, 6.07) is 0. The highest BCUT2D eigenvalue weighted by molar-refractivity contribution is 5.48. The second kappa shape index (κ2) is 4.77. The number of rotatable bonds is 3. The van der Waals surface area contributed by atoms with E-state index >= 15 is 0 Å². The zero-order chi connectivity index (χ0) is 13.6. The van der Waals surface area contributed by atoms with E-state index in [-0.39, 0.29) is 0 Å². The molecule has 3 nitrogen and oxygen atoms in total. The normalized spacial score (nSPS) is 29.2. The van der Waals surface area contributed by atoms with Crippen LogP contribution in [0.3, 0.4) is 0 Å².